The number of anilines is 6. The van der Waals surface area contributed by atoms with Gasteiger partial charge in [-0.1, -0.05) is 312 Å². The minimum Gasteiger partial charge on any atom is -0.456 e. The lowest BCUT2D eigenvalue weighted by Gasteiger charge is -2.46. The number of rotatable bonds is 9. The lowest BCUT2D eigenvalue weighted by molar-refractivity contribution is 0.590. The molecule has 18 aromatic rings. The molecule has 474 valence electrons. The summed E-state index contributed by atoms with van der Waals surface area (Å²) in [5.74, 6) is 0. The summed E-state index contributed by atoms with van der Waals surface area (Å²) in [7, 11) is 0. The molecule has 2 aliphatic heterocycles. The molecule has 0 saturated carbocycles. The average Bonchev–Trinajstić information content (AvgIpc) is 1.26. The van der Waals surface area contributed by atoms with Crippen LogP contribution in [0.15, 0.2) is 349 Å². The number of fused-ring (bicyclic) bond motifs is 12. The van der Waals surface area contributed by atoms with Crippen molar-refractivity contribution in [3.05, 3.63) is 345 Å². The molecular formula is C96H65BN2O2. The fourth-order valence-corrected chi connectivity index (χ4v) is 16.8. The molecule has 2 aliphatic rings. The number of furan rings is 2. The van der Waals surface area contributed by atoms with Crippen LogP contribution in [0.25, 0.3) is 143 Å². The second-order valence-electron chi connectivity index (χ2n) is 28.1. The third kappa shape index (κ3) is 9.23. The normalized spacial score (nSPS) is 12.6. The van der Waals surface area contributed by atoms with Gasteiger partial charge in [-0.15, -0.1) is 0 Å². The molecule has 0 unspecified atom stereocenters. The van der Waals surface area contributed by atoms with Crippen LogP contribution < -0.4 is 26.2 Å². The highest BCUT2D eigenvalue weighted by Crippen LogP contribution is 2.55. The minimum absolute atomic E-state index is 0.260. The lowest BCUT2D eigenvalue weighted by Crippen LogP contribution is -2.61. The Labute approximate surface area is 587 Å². The fraction of sp³-hybridized carbons (Fsp3) is 0.0417. The van der Waals surface area contributed by atoms with Crippen LogP contribution in [0.5, 0.6) is 0 Å². The standard InChI is InChI=1S/C96H65BN2O2/c1-96(2,3)67-58-85-92-86(59-67)99(94-70(62-31-12-6-13-32-62)43-25-44-71(94)63-33-14-7-15-34-63)84-56-66(90-75-37-16-18-39-77(75)91(78-40-19-17-38-76(78)90)80-46-26-45-79-73-36-21-23-48-88(73)101-95(79)80)50-53-81(84)97(92)82-55-64(65-49-52-74-72-35-20-22-47-87(72)100-89(74)57-65)51-54-83(82)98(85)93-68(60-27-8-4-9-28-60)41-24-42-69(93)61-29-10-5-11-30-61/h4-59H,1-3H3. The smallest absolute Gasteiger partial charge is 0.252 e. The molecule has 16 aromatic carbocycles. The highest BCUT2D eigenvalue weighted by atomic mass is 16.3. The first-order valence-electron chi connectivity index (χ1n) is 35.1. The van der Waals surface area contributed by atoms with Crippen LogP contribution >= 0.6 is 0 Å². The van der Waals surface area contributed by atoms with E-state index in [-0.39, 0.29) is 12.1 Å². The molecule has 0 aliphatic carbocycles. The summed E-state index contributed by atoms with van der Waals surface area (Å²) in [6, 6.07) is 126. The van der Waals surface area contributed by atoms with Crippen molar-refractivity contribution in [2.45, 2.75) is 26.2 Å². The number of benzene rings is 16. The van der Waals surface area contributed by atoms with E-state index in [9.17, 15) is 0 Å². The molecule has 0 N–H and O–H groups in total. The molecule has 20 rings (SSSR count). The Morgan fingerprint density at radius 3 is 1.20 bits per heavy atom. The predicted octanol–water partition coefficient (Wildman–Crippen LogP) is 24.8. The first kappa shape index (κ1) is 58.5. The molecule has 2 aromatic heterocycles. The third-order valence-electron chi connectivity index (χ3n) is 21.4. The van der Waals surface area contributed by atoms with Crippen molar-refractivity contribution in [2.75, 3.05) is 9.80 Å². The lowest BCUT2D eigenvalue weighted by atomic mass is 9.33. The molecule has 0 spiro atoms. The van der Waals surface area contributed by atoms with Crippen molar-refractivity contribution < 1.29 is 8.83 Å². The van der Waals surface area contributed by atoms with Crippen molar-refractivity contribution in [3.8, 4) is 77.9 Å². The van der Waals surface area contributed by atoms with Crippen LogP contribution in [0.3, 0.4) is 0 Å². The van der Waals surface area contributed by atoms with E-state index < -0.39 is 0 Å². The number of para-hydroxylation sites is 5. The average molecular weight is 1290 g/mol. The Morgan fingerprint density at radius 2 is 0.663 bits per heavy atom. The second-order valence-corrected chi connectivity index (χ2v) is 28.1. The zero-order valence-corrected chi connectivity index (χ0v) is 56.1. The summed E-state index contributed by atoms with van der Waals surface area (Å²) in [4.78, 5) is 5.35. The summed E-state index contributed by atoms with van der Waals surface area (Å²) in [6.07, 6.45) is 0. The quantitative estimate of drug-likeness (QED) is 0.107. The van der Waals surface area contributed by atoms with Gasteiger partial charge in [0.15, 0.2) is 0 Å². The van der Waals surface area contributed by atoms with Crippen molar-refractivity contribution >= 4 is 123 Å². The van der Waals surface area contributed by atoms with Crippen LogP contribution in [-0.4, -0.2) is 6.71 Å². The first-order chi connectivity index (χ1) is 49.8. The van der Waals surface area contributed by atoms with Gasteiger partial charge in [-0.2, -0.15) is 0 Å². The summed E-state index contributed by atoms with van der Waals surface area (Å²) < 4.78 is 13.6. The summed E-state index contributed by atoms with van der Waals surface area (Å²) in [5.41, 5.74) is 30.7. The number of hydrogen-bond donors (Lipinski definition) is 0. The highest BCUT2D eigenvalue weighted by molar-refractivity contribution is 7.00. The van der Waals surface area contributed by atoms with Crippen molar-refractivity contribution in [2.24, 2.45) is 0 Å². The van der Waals surface area contributed by atoms with Crippen LogP contribution in [0, 0.1) is 0 Å². The van der Waals surface area contributed by atoms with E-state index in [0.717, 1.165) is 161 Å². The van der Waals surface area contributed by atoms with Gasteiger partial charge in [0.1, 0.15) is 22.3 Å². The van der Waals surface area contributed by atoms with Crippen molar-refractivity contribution in [1.29, 1.82) is 0 Å². The van der Waals surface area contributed by atoms with Crippen LogP contribution in [0.2, 0.25) is 0 Å². The Bertz CT molecular complexity index is 6210. The molecule has 5 heteroatoms. The van der Waals surface area contributed by atoms with Gasteiger partial charge in [0.05, 0.1) is 11.4 Å². The van der Waals surface area contributed by atoms with E-state index >= 15 is 0 Å². The second kappa shape index (κ2) is 23.0. The maximum Gasteiger partial charge on any atom is 0.252 e. The molecule has 101 heavy (non-hydrogen) atoms. The molecule has 4 heterocycles. The van der Waals surface area contributed by atoms with Gasteiger partial charge in [-0.05, 0) is 142 Å². The Hall–Kier alpha value is -12.7. The Balaban J connectivity index is 0.926. The molecular weight excluding hydrogens is 1220 g/mol. The minimum atomic E-state index is -0.311. The molecule has 0 atom stereocenters. The van der Waals surface area contributed by atoms with Crippen LogP contribution in [0.1, 0.15) is 26.3 Å². The van der Waals surface area contributed by atoms with E-state index in [4.69, 9.17) is 8.83 Å². The SMILES string of the molecule is CC(C)(C)c1cc2c3c(c1)N(c1c(-c4ccccc4)cccc1-c1ccccc1)c1cc(-c4c5ccccc5c(-c5cccc6c5oc5ccccc56)c5ccccc45)ccc1B3c1cc(-c3ccc4c(c3)oc3ccccc34)ccc1N2c1c(-c2ccccc2)cccc1-c1ccccc1. The Kier molecular flexibility index (Phi) is 13.3. The molecule has 0 saturated heterocycles. The largest absolute Gasteiger partial charge is 0.456 e. The van der Waals surface area contributed by atoms with E-state index in [2.05, 4.69) is 370 Å². The van der Waals surface area contributed by atoms with E-state index in [1.165, 1.54) is 38.3 Å². The Morgan fingerprint density at radius 1 is 0.257 bits per heavy atom. The molecule has 0 radical (unpaired) electrons. The zero-order chi connectivity index (χ0) is 67.0. The van der Waals surface area contributed by atoms with Gasteiger partial charge < -0.3 is 18.6 Å². The van der Waals surface area contributed by atoms with E-state index in [1.807, 2.05) is 0 Å². The fourth-order valence-electron chi connectivity index (χ4n) is 16.8. The summed E-state index contributed by atoms with van der Waals surface area (Å²) in [5, 5.41) is 9.10. The third-order valence-corrected chi connectivity index (χ3v) is 21.4. The molecule has 0 bridgehead atoms. The van der Waals surface area contributed by atoms with E-state index in [0.29, 0.717) is 0 Å². The first-order valence-corrected chi connectivity index (χ1v) is 35.1. The number of nitrogens with zero attached hydrogens (tertiary/aromatic N) is 2. The highest BCUT2D eigenvalue weighted by Gasteiger charge is 2.46. The van der Waals surface area contributed by atoms with Gasteiger partial charge in [0.25, 0.3) is 6.71 Å². The maximum atomic E-state index is 6.90. The topological polar surface area (TPSA) is 32.8 Å². The van der Waals surface area contributed by atoms with Gasteiger partial charge in [0.2, 0.25) is 0 Å². The predicted molar refractivity (Wildman–Crippen MR) is 427 cm³/mol. The molecule has 4 nitrogen and oxygen atoms in total. The van der Waals surface area contributed by atoms with Crippen LogP contribution in [0.4, 0.5) is 34.1 Å². The molecule has 0 amide bonds. The summed E-state index contributed by atoms with van der Waals surface area (Å²) >= 11 is 0. The van der Waals surface area contributed by atoms with Gasteiger partial charge in [-0.3, -0.25) is 0 Å². The monoisotopic (exact) mass is 1290 g/mol. The van der Waals surface area contributed by atoms with Crippen LogP contribution in [-0.2, 0) is 5.41 Å². The number of hydrogen-bond acceptors (Lipinski definition) is 4. The summed E-state index contributed by atoms with van der Waals surface area (Å²) in [6.45, 7) is 6.86. The van der Waals surface area contributed by atoms with Gasteiger partial charge >= 0.3 is 0 Å². The van der Waals surface area contributed by atoms with Gasteiger partial charge in [-0.25, -0.2) is 0 Å². The van der Waals surface area contributed by atoms with E-state index in [1.54, 1.807) is 0 Å². The zero-order valence-electron chi connectivity index (χ0n) is 56.1. The maximum absolute atomic E-state index is 6.90. The van der Waals surface area contributed by atoms with Crippen molar-refractivity contribution in [3.63, 3.8) is 0 Å². The molecule has 0 fully saturated rings. The van der Waals surface area contributed by atoms with Gasteiger partial charge in [0, 0.05) is 77.7 Å². The van der Waals surface area contributed by atoms with Crippen molar-refractivity contribution in [1.82, 2.24) is 0 Å².